The number of hydrogen-bond acceptors (Lipinski definition) is 2. The third-order valence-electron chi connectivity index (χ3n) is 2.27. The van der Waals surface area contributed by atoms with Gasteiger partial charge in [-0.05, 0) is 49.7 Å². The highest BCUT2D eigenvalue weighted by atomic mass is 14.8. The Morgan fingerprint density at radius 2 is 2.00 bits per heavy atom. The van der Waals surface area contributed by atoms with Crippen LogP contribution in [0.2, 0.25) is 0 Å². The number of likely N-dealkylation sites (N-methyl/N-ethyl adjacent to an activating group) is 1. The summed E-state index contributed by atoms with van der Waals surface area (Å²) in [6.07, 6.45) is 4.23. The number of benzene rings is 1. The SMILES string of the molecule is CNCC=Cc1cc(C)c(N)cc1C. The van der Waals surface area contributed by atoms with Gasteiger partial charge in [-0.15, -0.1) is 0 Å². The van der Waals surface area contributed by atoms with Crippen molar-refractivity contribution < 1.29 is 0 Å². The number of anilines is 1. The lowest BCUT2D eigenvalue weighted by Crippen LogP contribution is -2.03. The predicted molar refractivity (Wildman–Crippen MR) is 63.3 cm³/mol. The molecule has 0 aliphatic heterocycles. The molecule has 0 aromatic heterocycles. The lowest BCUT2D eigenvalue weighted by molar-refractivity contribution is 0.922. The van der Waals surface area contributed by atoms with Gasteiger partial charge in [-0.1, -0.05) is 12.2 Å². The molecule has 0 atom stereocenters. The van der Waals surface area contributed by atoms with Gasteiger partial charge < -0.3 is 11.1 Å². The topological polar surface area (TPSA) is 38.0 Å². The van der Waals surface area contributed by atoms with Gasteiger partial charge in [0, 0.05) is 12.2 Å². The minimum absolute atomic E-state index is 0.869. The van der Waals surface area contributed by atoms with E-state index in [0.29, 0.717) is 0 Å². The summed E-state index contributed by atoms with van der Waals surface area (Å²) < 4.78 is 0. The number of hydrogen-bond donors (Lipinski definition) is 2. The Bertz CT molecular complexity index is 340. The summed E-state index contributed by atoms with van der Waals surface area (Å²) in [5, 5.41) is 3.07. The molecular formula is C12H18N2. The number of nitrogen functional groups attached to an aromatic ring is 1. The molecule has 1 aromatic carbocycles. The molecule has 0 bridgehead atoms. The van der Waals surface area contributed by atoms with Crippen LogP contribution in [0.1, 0.15) is 16.7 Å². The number of nitrogens with one attached hydrogen (secondary N) is 1. The van der Waals surface area contributed by atoms with E-state index in [1.54, 1.807) is 0 Å². The predicted octanol–water partition coefficient (Wildman–Crippen LogP) is 2.12. The summed E-state index contributed by atoms with van der Waals surface area (Å²) in [4.78, 5) is 0. The minimum atomic E-state index is 0.869. The van der Waals surface area contributed by atoms with Gasteiger partial charge in [-0.25, -0.2) is 0 Å². The average Bonchev–Trinajstić information content (AvgIpc) is 2.14. The molecule has 1 rings (SSSR count). The molecule has 0 unspecified atom stereocenters. The van der Waals surface area contributed by atoms with Crippen molar-refractivity contribution in [2.24, 2.45) is 0 Å². The summed E-state index contributed by atoms with van der Waals surface area (Å²) in [6.45, 7) is 5.00. The molecule has 0 saturated heterocycles. The van der Waals surface area contributed by atoms with Gasteiger partial charge in [0.05, 0.1) is 0 Å². The maximum atomic E-state index is 5.81. The zero-order valence-corrected chi connectivity index (χ0v) is 9.09. The van der Waals surface area contributed by atoms with E-state index < -0.39 is 0 Å². The lowest BCUT2D eigenvalue weighted by Gasteiger charge is -2.05. The van der Waals surface area contributed by atoms with Crippen molar-refractivity contribution in [3.05, 3.63) is 34.9 Å². The van der Waals surface area contributed by atoms with E-state index >= 15 is 0 Å². The van der Waals surface area contributed by atoms with Crippen LogP contribution in [0.25, 0.3) is 6.08 Å². The van der Waals surface area contributed by atoms with Crippen LogP contribution < -0.4 is 11.1 Å². The van der Waals surface area contributed by atoms with Gasteiger partial charge in [-0.2, -0.15) is 0 Å². The van der Waals surface area contributed by atoms with Gasteiger partial charge in [0.1, 0.15) is 0 Å². The van der Waals surface area contributed by atoms with Crippen LogP contribution in [0, 0.1) is 13.8 Å². The van der Waals surface area contributed by atoms with Crippen molar-refractivity contribution in [1.29, 1.82) is 0 Å². The molecular weight excluding hydrogens is 172 g/mol. The summed E-state index contributed by atoms with van der Waals surface area (Å²) in [6, 6.07) is 4.14. The largest absolute Gasteiger partial charge is 0.399 e. The number of nitrogens with two attached hydrogens (primary N) is 1. The number of rotatable bonds is 3. The first-order chi connectivity index (χ1) is 6.65. The van der Waals surface area contributed by atoms with E-state index in [0.717, 1.165) is 17.8 Å². The van der Waals surface area contributed by atoms with Crippen LogP contribution in [0.5, 0.6) is 0 Å². The molecule has 0 aliphatic carbocycles. The lowest BCUT2D eigenvalue weighted by atomic mass is 10.0. The Kier molecular flexibility index (Phi) is 3.72. The van der Waals surface area contributed by atoms with E-state index in [1.807, 2.05) is 20.0 Å². The van der Waals surface area contributed by atoms with E-state index in [2.05, 4.69) is 30.5 Å². The molecule has 0 spiro atoms. The standard InChI is InChI=1S/C12H18N2/c1-9-8-12(13)10(2)7-11(9)5-4-6-14-3/h4-5,7-8,14H,6,13H2,1-3H3. The molecule has 2 nitrogen and oxygen atoms in total. The molecule has 2 heteroatoms. The van der Waals surface area contributed by atoms with E-state index in [4.69, 9.17) is 5.73 Å². The van der Waals surface area contributed by atoms with Crippen LogP contribution >= 0.6 is 0 Å². The molecule has 3 N–H and O–H groups in total. The van der Waals surface area contributed by atoms with Crippen molar-refractivity contribution in [3.8, 4) is 0 Å². The van der Waals surface area contributed by atoms with Crippen molar-refractivity contribution >= 4 is 11.8 Å². The van der Waals surface area contributed by atoms with Crippen molar-refractivity contribution in [2.45, 2.75) is 13.8 Å². The van der Waals surface area contributed by atoms with Crippen molar-refractivity contribution in [2.75, 3.05) is 19.3 Å². The fourth-order valence-electron chi connectivity index (χ4n) is 1.34. The third kappa shape index (κ3) is 2.60. The van der Waals surface area contributed by atoms with Crippen LogP contribution in [-0.4, -0.2) is 13.6 Å². The van der Waals surface area contributed by atoms with Crippen LogP contribution in [-0.2, 0) is 0 Å². The molecule has 76 valence electrons. The van der Waals surface area contributed by atoms with E-state index in [9.17, 15) is 0 Å². The monoisotopic (exact) mass is 190 g/mol. The summed E-state index contributed by atoms with van der Waals surface area (Å²) in [5.74, 6) is 0. The summed E-state index contributed by atoms with van der Waals surface area (Å²) in [7, 11) is 1.94. The fourth-order valence-corrected chi connectivity index (χ4v) is 1.34. The molecule has 1 aromatic rings. The first-order valence-corrected chi connectivity index (χ1v) is 4.83. The highest BCUT2D eigenvalue weighted by molar-refractivity contribution is 5.61. The first-order valence-electron chi connectivity index (χ1n) is 4.83. The van der Waals surface area contributed by atoms with Gasteiger partial charge in [0.2, 0.25) is 0 Å². The Hall–Kier alpha value is -1.28. The highest BCUT2D eigenvalue weighted by Gasteiger charge is 1.98. The van der Waals surface area contributed by atoms with E-state index in [1.165, 1.54) is 11.1 Å². The van der Waals surface area contributed by atoms with E-state index in [-0.39, 0.29) is 0 Å². The Morgan fingerprint density at radius 3 is 2.64 bits per heavy atom. The Labute approximate surface area is 85.8 Å². The van der Waals surface area contributed by atoms with Gasteiger partial charge in [0.25, 0.3) is 0 Å². The molecule has 0 radical (unpaired) electrons. The zero-order chi connectivity index (χ0) is 10.6. The molecule has 0 saturated carbocycles. The minimum Gasteiger partial charge on any atom is -0.399 e. The Balaban J connectivity index is 2.92. The molecule has 0 amide bonds. The molecule has 0 heterocycles. The smallest absolute Gasteiger partial charge is 0.0346 e. The van der Waals surface area contributed by atoms with Crippen molar-refractivity contribution in [1.82, 2.24) is 5.32 Å². The molecule has 0 aliphatic rings. The van der Waals surface area contributed by atoms with Gasteiger partial charge in [-0.3, -0.25) is 0 Å². The fraction of sp³-hybridized carbons (Fsp3) is 0.333. The summed E-state index contributed by atoms with van der Waals surface area (Å²) in [5.41, 5.74) is 10.3. The summed E-state index contributed by atoms with van der Waals surface area (Å²) >= 11 is 0. The maximum absolute atomic E-state index is 5.81. The molecule has 0 fully saturated rings. The van der Waals surface area contributed by atoms with Gasteiger partial charge in [0.15, 0.2) is 0 Å². The number of aryl methyl sites for hydroxylation is 2. The second-order valence-electron chi connectivity index (χ2n) is 3.53. The first kappa shape index (κ1) is 10.8. The third-order valence-corrected chi connectivity index (χ3v) is 2.27. The zero-order valence-electron chi connectivity index (χ0n) is 9.09. The molecule has 14 heavy (non-hydrogen) atoms. The average molecular weight is 190 g/mol. The highest BCUT2D eigenvalue weighted by Crippen LogP contribution is 2.18. The second kappa shape index (κ2) is 4.82. The van der Waals surface area contributed by atoms with Crippen LogP contribution in [0.4, 0.5) is 5.69 Å². The van der Waals surface area contributed by atoms with Crippen LogP contribution in [0.15, 0.2) is 18.2 Å². The van der Waals surface area contributed by atoms with Crippen LogP contribution in [0.3, 0.4) is 0 Å². The second-order valence-corrected chi connectivity index (χ2v) is 3.53. The normalized spacial score (nSPS) is 11.1. The quantitative estimate of drug-likeness (QED) is 0.716. The van der Waals surface area contributed by atoms with Gasteiger partial charge >= 0.3 is 0 Å². The van der Waals surface area contributed by atoms with Crippen molar-refractivity contribution in [3.63, 3.8) is 0 Å². The Morgan fingerprint density at radius 1 is 1.29 bits per heavy atom. The maximum Gasteiger partial charge on any atom is 0.0346 e.